The van der Waals surface area contributed by atoms with Crippen LogP contribution >= 0.6 is 11.3 Å². The minimum absolute atomic E-state index is 0.100. The van der Waals surface area contributed by atoms with Crippen molar-refractivity contribution >= 4 is 22.4 Å². The molecule has 21 heavy (non-hydrogen) atoms. The molecule has 1 heterocycles. The van der Waals surface area contributed by atoms with Crippen LogP contribution in [0.15, 0.2) is 23.6 Å². The summed E-state index contributed by atoms with van der Waals surface area (Å²) in [6.45, 7) is 0.319. The number of nitrogens with zero attached hydrogens (tertiary/aromatic N) is 2. The van der Waals surface area contributed by atoms with E-state index in [0.29, 0.717) is 22.9 Å². The number of carbonyl (C=O) groups is 1. The first-order valence-corrected chi connectivity index (χ1v) is 7.14. The fraction of sp³-hybridized carbons (Fsp3) is 0.286. The van der Waals surface area contributed by atoms with Crippen LogP contribution < -0.4 is 10.5 Å². The van der Waals surface area contributed by atoms with Crippen molar-refractivity contribution in [2.75, 3.05) is 19.9 Å². The maximum Gasteiger partial charge on any atom is 0.228 e. The number of methoxy groups -OCH3 is 1. The number of hydrogen-bond donors (Lipinski definition) is 1. The summed E-state index contributed by atoms with van der Waals surface area (Å²) in [6.07, 6.45) is 0.183. The number of thiazole rings is 1. The van der Waals surface area contributed by atoms with Crippen molar-refractivity contribution < 1.29 is 13.9 Å². The van der Waals surface area contributed by atoms with Crippen LogP contribution in [-0.4, -0.2) is 29.9 Å². The highest BCUT2D eigenvalue weighted by Crippen LogP contribution is 2.19. The second kappa shape index (κ2) is 6.53. The Morgan fingerprint density at radius 3 is 2.86 bits per heavy atom. The number of rotatable bonds is 5. The minimum atomic E-state index is -0.442. The summed E-state index contributed by atoms with van der Waals surface area (Å²) >= 11 is 1.30. The number of halogens is 1. The number of anilines is 1. The summed E-state index contributed by atoms with van der Waals surface area (Å²) in [5.41, 5.74) is 6.87. The number of ether oxygens (including phenoxy) is 1. The highest BCUT2D eigenvalue weighted by Gasteiger charge is 2.13. The van der Waals surface area contributed by atoms with Crippen LogP contribution in [0, 0.1) is 5.82 Å². The predicted molar refractivity (Wildman–Crippen MR) is 79.7 cm³/mol. The molecule has 7 heteroatoms. The second-order valence-corrected chi connectivity index (χ2v) is 5.46. The molecule has 0 aliphatic heterocycles. The van der Waals surface area contributed by atoms with Gasteiger partial charge in [0.2, 0.25) is 5.91 Å². The van der Waals surface area contributed by atoms with Crippen molar-refractivity contribution in [2.24, 2.45) is 0 Å². The lowest BCUT2D eigenvalue weighted by Crippen LogP contribution is -2.27. The molecule has 1 amide bonds. The van der Waals surface area contributed by atoms with Gasteiger partial charge in [-0.05, 0) is 17.7 Å². The second-order valence-electron chi connectivity index (χ2n) is 4.57. The Bertz CT molecular complexity index is 645. The number of hydrogen-bond acceptors (Lipinski definition) is 5. The normalized spacial score (nSPS) is 10.4. The minimum Gasteiger partial charge on any atom is -0.494 e. The molecule has 0 saturated carbocycles. The van der Waals surface area contributed by atoms with Crippen molar-refractivity contribution in [3.63, 3.8) is 0 Å². The van der Waals surface area contributed by atoms with Gasteiger partial charge in [0.05, 0.1) is 19.2 Å². The summed E-state index contributed by atoms with van der Waals surface area (Å²) < 4.78 is 18.5. The van der Waals surface area contributed by atoms with E-state index >= 15 is 0 Å². The van der Waals surface area contributed by atoms with Gasteiger partial charge in [-0.25, -0.2) is 9.37 Å². The van der Waals surface area contributed by atoms with Crippen LogP contribution in [0.5, 0.6) is 5.75 Å². The average Bonchev–Trinajstić information content (AvgIpc) is 2.84. The van der Waals surface area contributed by atoms with Gasteiger partial charge in [-0.1, -0.05) is 6.07 Å². The van der Waals surface area contributed by atoms with Gasteiger partial charge in [-0.3, -0.25) is 4.79 Å². The molecule has 0 fully saturated rings. The summed E-state index contributed by atoms with van der Waals surface area (Å²) in [5.74, 6) is -0.356. The van der Waals surface area contributed by atoms with Crippen LogP contribution in [0.4, 0.5) is 9.52 Å². The van der Waals surface area contributed by atoms with Gasteiger partial charge >= 0.3 is 0 Å². The molecule has 0 atom stereocenters. The average molecular weight is 309 g/mol. The predicted octanol–water partition coefficient (Wildman–Crippen LogP) is 2.07. The lowest BCUT2D eigenvalue weighted by molar-refractivity contribution is -0.129. The molecule has 0 bridgehead atoms. The Morgan fingerprint density at radius 1 is 1.52 bits per heavy atom. The summed E-state index contributed by atoms with van der Waals surface area (Å²) in [7, 11) is 3.08. The van der Waals surface area contributed by atoms with E-state index in [-0.39, 0.29) is 18.1 Å². The van der Waals surface area contributed by atoms with E-state index in [4.69, 9.17) is 10.5 Å². The third-order valence-corrected chi connectivity index (χ3v) is 3.69. The molecular weight excluding hydrogens is 293 g/mol. The van der Waals surface area contributed by atoms with Gasteiger partial charge in [-0.15, -0.1) is 11.3 Å². The third kappa shape index (κ3) is 3.91. The lowest BCUT2D eigenvalue weighted by atomic mass is 10.2. The van der Waals surface area contributed by atoms with Crippen molar-refractivity contribution in [3.05, 3.63) is 40.7 Å². The molecule has 0 saturated heterocycles. The molecular formula is C14H16FN3O2S. The number of aromatic nitrogens is 1. The molecule has 0 radical (unpaired) electrons. The molecule has 2 aromatic rings. The number of amides is 1. The molecule has 5 nitrogen and oxygen atoms in total. The Kier molecular flexibility index (Phi) is 4.74. The zero-order valence-electron chi connectivity index (χ0n) is 11.8. The fourth-order valence-corrected chi connectivity index (χ4v) is 2.43. The highest BCUT2D eigenvalue weighted by molar-refractivity contribution is 7.13. The van der Waals surface area contributed by atoms with E-state index in [1.54, 1.807) is 24.6 Å². The SMILES string of the molecule is COc1ccc(CN(C)C(=O)Cc2csc(N)n2)cc1F. The summed E-state index contributed by atoms with van der Waals surface area (Å²) in [5, 5.41) is 2.20. The zero-order chi connectivity index (χ0) is 15.4. The highest BCUT2D eigenvalue weighted by atomic mass is 32.1. The Labute approximate surface area is 126 Å². The molecule has 0 aliphatic rings. The van der Waals surface area contributed by atoms with Crippen LogP contribution in [-0.2, 0) is 17.8 Å². The van der Waals surface area contributed by atoms with Gasteiger partial charge in [0.1, 0.15) is 0 Å². The Hall–Kier alpha value is -2.15. The van der Waals surface area contributed by atoms with E-state index < -0.39 is 5.82 Å². The molecule has 1 aromatic heterocycles. The van der Waals surface area contributed by atoms with Crippen LogP contribution in [0.3, 0.4) is 0 Å². The topological polar surface area (TPSA) is 68.5 Å². The van der Waals surface area contributed by atoms with E-state index in [2.05, 4.69) is 4.98 Å². The first kappa shape index (κ1) is 15.2. The fourth-order valence-electron chi connectivity index (χ4n) is 1.86. The van der Waals surface area contributed by atoms with Gasteiger partial charge in [0, 0.05) is 19.0 Å². The van der Waals surface area contributed by atoms with Crippen molar-refractivity contribution in [1.29, 1.82) is 0 Å². The lowest BCUT2D eigenvalue weighted by Gasteiger charge is -2.17. The Balaban J connectivity index is 1.98. The summed E-state index contributed by atoms with van der Waals surface area (Å²) in [6, 6.07) is 4.64. The van der Waals surface area contributed by atoms with Crippen LogP contribution in [0.1, 0.15) is 11.3 Å². The van der Waals surface area contributed by atoms with E-state index in [1.165, 1.54) is 29.4 Å². The van der Waals surface area contributed by atoms with E-state index in [9.17, 15) is 9.18 Å². The Morgan fingerprint density at radius 2 is 2.29 bits per heavy atom. The molecule has 2 rings (SSSR count). The maximum absolute atomic E-state index is 13.6. The number of nitrogen functional groups attached to an aromatic ring is 1. The maximum atomic E-state index is 13.6. The van der Waals surface area contributed by atoms with Gasteiger partial charge in [0.15, 0.2) is 16.7 Å². The molecule has 0 spiro atoms. The number of nitrogens with two attached hydrogens (primary N) is 1. The van der Waals surface area contributed by atoms with Gasteiger partial charge in [0.25, 0.3) is 0 Å². The van der Waals surface area contributed by atoms with E-state index in [1.807, 2.05) is 0 Å². The number of benzene rings is 1. The zero-order valence-corrected chi connectivity index (χ0v) is 12.6. The number of likely N-dealkylation sites (N-methyl/N-ethyl adjacent to an activating group) is 1. The third-order valence-electron chi connectivity index (χ3n) is 2.96. The molecule has 0 aliphatic carbocycles. The van der Waals surface area contributed by atoms with Crippen molar-refractivity contribution in [2.45, 2.75) is 13.0 Å². The van der Waals surface area contributed by atoms with Crippen molar-refractivity contribution in [1.82, 2.24) is 9.88 Å². The first-order valence-electron chi connectivity index (χ1n) is 6.26. The van der Waals surface area contributed by atoms with Crippen LogP contribution in [0.2, 0.25) is 0 Å². The molecule has 0 unspecified atom stereocenters. The van der Waals surface area contributed by atoms with Crippen molar-refractivity contribution in [3.8, 4) is 5.75 Å². The largest absolute Gasteiger partial charge is 0.494 e. The molecule has 112 valence electrons. The van der Waals surface area contributed by atoms with Gasteiger partial charge in [-0.2, -0.15) is 0 Å². The van der Waals surface area contributed by atoms with Gasteiger partial charge < -0.3 is 15.4 Å². The molecule has 1 aromatic carbocycles. The van der Waals surface area contributed by atoms with E-state index in [0.717, 1.165) is 0 Å². The quantitative estimate of drug-likeness (QED) is 0.918. The standard InChI is InChI=1S/C14H16FN3O2S/c1-18(13(19)6-10-8-21-14(16)17-10)7-9-3-4-12(20-2)11(15)5-9/h3-5,8H,6-7H2,1-2H3,(H2,16,17). The number of carbonyl (C=O) groups excluding carboxylic acids is 1. The summed E-state index contributed by atoms with van der Waals surface area (Å²) in [4.78, 5) is 17.6. The first-order chi connectivity index (χ1) is 9.99. The van der Waals surface area contributed by atoms with Crippen LogP contribution in [0.25, 0.3) is 0 Å². The monoisotopic (exact) mass is 309 g/mol. The smallest absolute Gasteiger partial charge is 0.228 e. The molecule has 2 N–H and O–H groups in total.